The van der Waals surface area contributed by atoms with E-state index in [1.807, 2.05) is 16.9 Å². The largest absolute Gasteiger partial charge is 0.469 e. The molecule has 1 heterocycles. The van der Waals surface area contributed by atoms with Crippen LogP contribution >= 0.6 is 0 Å². The number of aliphatic imine (C=N–C) groups is 1. The van der Waals surface area contributed by atoms with Crippen LogP contribution in [-0.2, 0) is 16.0 Å². The van der Waals surface area contributed by atoms with Gasteiger partial charge in [-0.2, -0.15) is 5.10 Å². The van der Waals surface area contributed by atoms with Gasteiger partial charge in [0.15, 0.2) is 5.96 Å². The average Bonchev–Trinajstić information content (AvgIpc) is 3.25. The number of methoxy groups -OCH3 is 1. The van der Waals surface area contributed by atoms with Gasteiger partial charge in [-0.15, -0.1) is 0 Å². The molecular weight excluding hydrogens is 354 g/mol. The van der Waals surface area contributed by atoms with Crippen LogP contribution in [0.4, 0.5) is 0 Å². The lowest BCUT2D eigenvalue weighted by Crippen LogP contribution is -2.38. The Kier molecular flexibility index (Phi) is 9.61. The number of ether oxygens (including phenoxy) is 1. The quantitative estimate of drug-likeness (QED) is 0.269. The summed E-state index contributed by atoms with van der Waals surface area (Å²) in [5.74, 6) is 0.694. The Hall–Kier alpha value is -2.83. The molecule has 2 rings (SSSR count). The minimum atomic E-state index is -0.142. The van der Waals surface area contributed by atoms with E-state index < -0.39 is 0 Å². The molecular formula is C21H31N5O2. The second-order valence-electron chi connectivity index (χ2n) is 6.44. The van der Waals surface area contributed by atoms with E-state index in [2.05, 4.69) is 56.7 Å². The van der Waals surface area contributed by atoms with E-state index in [4.69, 9.17) is 0 Å². The highest BCUT2D eigenvalue weighted by atomic mass is 16.5. The molecule has 0 unspecified atom stereocenters. The molecule has 7 nitrogen and oxygen atoms in total. The Morgan fingerprint density at radius 1 is 1.18 bits per heavy atom. The molecule has 0 aliphatic rings. The third kappa shape index (κ3) is 7.82. The zero-order valence-electron chi connectivity index (χ0n) is 16.9. The maximum atomic E-state index is 11.1. The maximum Gasteiger partial charge on any atom is 0.305 e. The first-order chi connectivity index (χ1) is 13.7. The van der Waals surface area contributed by atoms with Gasteiger partial charge in [0.05, 0.1) is 12.8 Å². The Balaban J connectivity index is 1.69. The topological polar surface area (TPSA) is 80.5 Å². The smallest absolute Gasteiger partial charge is 0.305 e. The summed E-state index contributed by atoms with van der Waals surface area (Å²) in [7, 11) is 1.43. The molecule has 0 aliphatic heterocycles. The van der Waals surface area contributed by atoms with Gasteiger partial charge >= 0.3 is 5.97 Å². The molecule has 0 aliphatic carbocycles. The summed E-state index contributed by atoms with van der Waals surface area (Å²) in [4.78, 5) is 15.7. The van der Waals surface area contributed by atoms with E-state index in [1.165, 1.54) is 12.7 Å². The number of unbranched alkanes of at least 4 members (excludes halogenated alkanes) is 2. The van der Waals surface area contributed by atoms with Crippen LogP contribution in [0.15, 0.2) is 47.7 Å². The van der Waals surface area contributed by atoms with Crippen LogP contribution < -0.4 is 10.6 Å². The van der Waals surface area contributed by atoms with Crippen LogP contribution in [0.3, 0.4) is 0 Å². The van der Waals surface area contributed by atoms with E-state index in [0.29, 0.717) is 6.42 Å². The molecule has 0 saturated carbocycles. The predicted octanol–water partition coefficient (Wildman–Crippen LogP) is 2.70. The molecule has 2 aromatic rings. The minimum Gasteiger partial charge on any atom is -0.469 e. The molecule has 1 aromatic heterocycles. The third-order valence-corrected chi connectivity index (χ3v) is 4.29. The average molecular weight is 386 g/mol. The van der Waals surface area contributed by atoms with Crippen molar-refractivity contribution in [1.82, 2.24) is 20.4 Å². The summed E-state index contributed by atoms with van der Waals surface area (Å²) >= 11 is 0. The van der Waals surface area contributed by atoms with Crippen molar-refractivity contribution in [2.24, 2.45) is 4.99 Å². The van der Waals surface area contributed by atoms with Crippen LogP contribution in [0, 0.1) is 0 Å². The number of carbonyl (C=O) groups is 1. The number of nitrogens with zero attached hydrogens (tertiary/aromatic N) is 3. The second kappa shape index (κ2) is 12.5. The standard InChI is InChI=1S/C21H31N5O2/c1-3-22-21(23-14-6-4-5-8-20(27)28-2)24-16-13-18-9-11-19(12-10-18)26-17-7-15-25-26/h7,9-12,15,17H,3-6,8,13-14,16H2,1-2H3,(H2,22,23,24). The van der Waals surface area contributed by atoms with Crippen molar-refractivity contribution in [1.29, 1.82) is 0 Å². The SMILES string of the molecule is CCNC(=NCCCCCC(=O)OC)NCCc1ccc(-n2cccn2)cc1. The summed E-state index contributed by atoms with van der Waals surface area (Å²) in [5.41, 5.74) is 2.32. The van der Waals surface area contributed by atoms with Crippen molar-refractivity contribution >= 4 is 11.9 Å². The minimum absolute atomic E-state index is 0.142. The Morgan fingerprint density at radius 3 is 2.68 bits per heavy atom. The first-order valence-corrected chi connectivity index (χ1v) is 9.91. The van der Waals surface area contributed by atoms with Crippen molar-refractivity contribution in [3.63, 3.8) is 0 Å². The molecule has 2 N–H and O–H groups in total. The summed E-state index contributed by atoms with van der Waals surface area (Å²) < 4.78 is 6.49. The van der Waals surface area contributed by atoms with Crippen molar-refractivity contribution in [3.05, 3.63) is 48.3 Å². The van der Waals surface area contributed by atoms with Gasteiger partial charge in [0.1, 0.15) is 0 Å². The normalized spacial score (nSPS) is 11.3. The molecule has 0 radical (unpaired) electrons. The molecule has 7 heteroatoms. The first kappa shape index (κ1) is 21.5. The Bertz CT molecular complexity index is 711. The van der Waals surface area contributed by atoms with Crippen LogP contribution in [-0.4, -0.2) is 48.5 Å². The lowest BCUT2D eigenvalue weighted by Gasteiger charge is -2.11. The highest BCUT2D eigenvalue weighted by molar-refractivity contribution is 5.79. The zero-order valence-corrected chi connectivity index (χ0v) is 16.9. The number of hydrogen-bond donors (Lipinski definition) is 2. The number of hydrogen-bond acceptors (Lipinski definition) is 4. The third-order valence-electron chi connectivity index (χ3n) is 4.29. The fourth-order valence-corrected chi connectivity index (χ4v) is 2.75. The van der Waals surface area contributed by atoms with Gasteiger partial charge in [0.25, 0.3) is 0 Å². The van der Waals surface area contributed by atoms with Gasteiger partial charge in [-0.3, -0.25) is 9.79 Å². The van der Waals surface area contributed by atoms with Crippen LogP contribution in [0.2, 0.25) is 0 Å². The molecule has 0 amide bonds. The van der Waals surface area contributed by atoms with Crippen molar-refractivity contribution in [3.8, 4) is 5.69 Å². The first-order valence-electron chi connectivity index (χ1n) is 9.91. The fourth-order valence-electron chi connectivity index (χ4n) is 2.75. The lowest BCUT2D eigenvalue weighted by molar-refractivity contribution is -0.140. The molecule has 0 saturated heterocycles. The number of carbonyl (C=O) groups excluding carboxylic acids is 1. The van der Waals surface area contributed by atoms with Crippen LogP contribution in [0.5, 0.6) is 0 Å². The number of benzene rings is 1. The lowest BCUT2D eigenvalue weighted by atomic mass is 10.1. The highest BCUT2D eigenvalue weighted by Crippen LogP contribution is 2.08. The van der Waals surface area contributed by atoms with Gasteiger partial charge < -0.3 is 15.4 Å². The molecule has 152 valence electrons. The summed E-state index contributed by atoms with van der Waals surface area (Å²) in [6, 6.07) is 10.3. The Morgan fingerprint density at radius 2 is 2.00 bits per heavy atom. The van der Waals surface area contributed by atoms with Gasteiger partial charge in [0, 0.05) is 38.4 Å². The molecule has 28 heavy (non-hydrogen) atoms. The number of guanidine groups is 1. The van der Waals surface area contributed by atoms with E-state index in [0.717, 1.165) is 57.0 Å². The predicted molar refractivity (Wildman–Crippen MR) is 112 cm³/mol. The van der Waals surface area contributed by atoms with E-state index >= 15 is 0 Å². The highest BCUT2D eigenvalue weighted by Gasteiger charge is 2.01. The van der Waals surface area contributed by atoms with E-state index in [1.54, 1.807) is 6.20 Å². The zero-order chi connectivity index (χ0) is 20.0. The van der Waals surface area contributed by atoms with Gasteiger partial charge in [-0.25, -0.2) is 4.68 Å². The van der Waals surface area contributed by atoms with Gasteiger partial charge in [-0.1, -0.05) is 18.6 Å². The molecule has 0 spiro atoms. The number of esters is 1. The molecule has 0 atom stereocenters. The van der Waals surface area contributed by atoms with Crippen LogP contribution in [0.1, 0.15) is 38.2 Å². The monoisotopic (exact) mass is 385 g/mol. The van der Waals surface area contributed by atoms with Gasteiger partial charge in [-0.05, 0) is 49.9 Å². The Labute approximate surface area is 167 Å². The second-order valence-corrected chi connectivity index (χ2v) is 6.44. The van der Waals surface area contributed by atoms with E-state index in [9.17, 15) is 4.79 Å². The van der Waals surface area contributed by atoms with Crippen molar-refractivity contribution < 1.29 is 9.53 Å². The van der Waals surface area contributed by atoms with E-state index in [-0.39, 0.29) is 5.97 Å². The van der Waals surface area contributed by atoms with Crippen molar-refractivity contribution in [2.45, 2.75) is 39.0 Å². The summed E-state index contributed by atoms with van der Waals surface area (Å²) in [6.07, 6.45) is 7.90. The van der Waals surface area contributed by atoms with Crippen molar-refractivity contribution in [2.75, 3.05) is 26.7 Å². The maximum absolute atomic E-state index is 11.1. The molecule has 0 bridgehead atoms. The molecule has 1 aromatic carbocycles. The number of nitrogens with one attached hydrogen (secondary N) is 2. The molecule has 0 fully saturated rings. The fraction of sp³-hybridized carbons (Fsp3) is 0.476. The van der Waals surface area contributed by atoms with Crippen LogP contribution in [0.25, 0.3) is 5.69 Å². The number of aromatic nitrogens is 2. The summed E-state index contributed by atoms with van der Waals surface area (Å²) in [6.45, 7) is 4.44. The summed E-state index contributed by atoms with van der Waals surface area (Å²) in [5, 5.41) is 10.9. The van der Waals surface area contributed by atoms with Gasteiger partial charge in [0.2, 0.25) is 0 Å². The number of rotatable bonds is 11.